The SMILES string of the molecule is O=S1(=O)C(N2C[C@@H]3C[C@H]2CN3)=Cc2ccccc21. The summed E-state index contributed by atoms with van der Waals surface area (Å²) in [6.07, 6.45) is 2.88. The molecule has 18 heavy (non-hydrogen) atoms. The van der Waals surface area contributed by atoms with Gasteiger partial charge in [-0.1, -0.05) is 18.2 Å². The highest BCUT2D eigenvalue weighted by Crippen LogP contribution is 2.38. The summed E-state index contributed by atoms with van der Waals surface area (Å²) < 4.78 is 25.0. The first-order valence-electron chi connectivity index (χ1n) is 6.22. The highest BCUT2D eigenvalue weighted by Gasteiger charge is 2.44. The second kappa shape index (κ2) is 3.36. The second-order valence-corrected chi connectivity index (χ2v) is 7.04. The van der Waals surface area contributed by atoms with E-state index in [0.29, 0.717) is 22.0 Å². The van der Waals surface area contributed by atoms with Gasteiger partial charge in [0.2, 0.25) is 9.84 Å². The number of rotatable bonds is 1. The Hall–Kier alpha value is -1.33. The Morgan fingerprint density at radius 1 is 1.28 bits per heavy atom. The van der Waals surface area contributed by atoms with Gasteiger partial charge in [-0.15, -0.1) is 0 Å². The summed E-state index contributed by atoms with van der Waals surface area (Å²) in [6.45, 7) is 1.71. The van der Waals surface area contributed by atoms with Crippen molar-refractivity contribution >= 4 is 15.9 Å². The van der Waals surface area contributed by atoms with E-state index < -0.39 is 9.84 Å². The Morgan fingerprint density at radius 3 is 2.78 bits per heavy atom. The summed E-state index contributed by atoms with van der Waals surface area (Å²) in [4.78, 5) is 2.52. The number of fused-ring (bicyclic) bond motifs is 3. The number of hydrogen-bond acceptors (Lipinski definition) is 4. The average molecular weight is 262 g/mol. The molecule has 2 atom stereocenters. The van der Waals surface area contributed by atoms with Crippen LogP contribution in [0.25, 0.3) is 6.08 Å². The molecule has 1 aromatic carbocycles. The fourth-order valence-electron chi connectivity index (χ4n) is 3.24. The molecule has 0 aromatic heterocycles. The van der Waals surface area contributed by atoms with Gasteiger partial charge in [-0.05, 0) is 24.1 Å². The zero-order valence-electron chi connectivity index (χ0n) is 9.83. The van der Waals surface area contributed by atoms with Crippen LogP contribution in [0.15, 0.2) is 34.2 Å². The molecule has 3 aliphatic rings. The van der Waals surface area contributed by atoms with Crippen LogP contribution in [-0.4, -0.2) is 38.5 Å². The van der Waals surface area contributed by atoms with Crippen molar-refractivity contribution in [2.45, 2.75) is 23.4 Å². The van der Waals surface area contributed by atoms with Crippen molar-refractivity contribution in [3.05, 3.63) is 34.9 Å². The van der Waals surface area contributed by atoms with Crippen LogP contribution in [0.4, 0.5) is 0 Å². The lowest BCUT2D eigenvalue weighted by Crippen LogP contribution is -2.43. The number of nitrogens with zero attached hydrogens (tertiary/aromatic N) is 1. The molecule has 4 nitrogen and oxygen atoms in total. The van der Waals surface area contributed by atoms with Crippen LogP contribution in [0, 0.1) is 0 Å². The molecule has 3 aliphatic heterocycles. The van der Waals surface area contributed by atoms with Gasteiger partial charge in [0.05, 0.1) is 4.90 Å². The van der Waals surface area contributed by atoms with Crippen molar-refractivity contribution < 1.29 is 8.42 Å². The fraction of sp³-hybridized carbons (Fsp3) is 0.385. The van der Waals surface area contributed by atoms with E-state index in [4.69, 9.17) is 0 Å². The van der Waals surface area contributed by atoms with E-state index in [2.05, 4.69) is 10.2 Å². The van der Waals surface area contributed by atoms with Crippen LogP contribution in [0.5, 0.6) is 0 Å². The highest BCUT2D eigenvalue weighted by molar-refractivity contribution is 7.95. The Morgan fingerprint density at radius 2 is 2.11 bits per heavy atom. The van der Waals surface area contributed by atoms with Gasteiger partial charge < -0.3 is 10.2 Å². The van der Waals surface area contributed by atoms with Gasteiger partial charge in [0.1, 0.15) is 5.03 Å². The predicted octanol–water partition coefficient (Wildman–Crippen LogP) is 0.818. The minimum absolute atomic E-state index is 0.338. The maximum atomic E-state index is 12.5. The Kier molecular flexibility index (Phi) is 1.98. The van der Waals surface area contributed by atoms with Crippen LogP contribution >= 0.6 is 0 Å². The lowest BCUT2D eigenvalue weighted by atomic mass is 10.2. The molecular weight excluding hydrogens is 248 g/mol. The maximum Gasteiger partial charge on any atom is 0.222 e. The normalized spacial score (nSPS) is 31.6. The molecule has 0 amide bonds. The molecule has 2 saturated heterocycles. The van der Waals surface area contributed by atoms with E-state index in [9.17, 15) is 8.42 Å². The summed E-state index contributed by atoms with van der Waals surface area (Å²) in [5.41, 5.74) is 0.822. The van der Waals surface area contributed by atoms with E-state index in [0.717, 1.165) is 25.1 Å². The van der Waals surface area contributed by atoms with Gasteiger partial charge in [0.25, 0.3) is 0 Å². The molecule has 4 rings (SSSR count). The van der Waals surface area contributed by atoms with Crippen molar-refractivity contribution in [1.29, 1.82) is 0 Å². The van der Waals surface area contributed by atoms with Crippen molar-refractivity contribution in [1.82, 2.24) is 10.2 Å². The van der Waals surface area contributed by atoms with Crippen LogP contribution in [0.1, 0.15) is 12.0 Å². The smallest absolute Gasteiger partial charge is 0.222 e. The summed E-state index contributed by atoms with van der Waals surface area (Å²) >= 11 is 0. The van der Waals surface area contributed by atoms with E-state index >= 15 is 0 Å². The Bertz CT molecular complexity index is 651. The molecular formula is C13H14N2O2S. The van der Waals surface area contributed by atoms with Gasteiger partial charge in [0, 0.05) is 25.2 Å². The highest BCUT2D eigenvalue weighted by atomic mass is 32.2. The maximum absolute atomic E-state index is 12.5. The van der Waals surface area contributed by atoms with Crippen molar-refractivity contribution in [2.24, 2.45) is 0 Å². The van der Waals surface area contributed by atoms with Crippen molar-refractivity contribution in [2.75, 3.05) is 13.1 Å². The molecule has 2 bridgehead atoms. The van der Waals surface area contributed by atoms with E-state index in [1.165, 1.54) is 0 Å². The number of hydrogen-bond donors (Lipinski definition) is 1. The molecule has 1 aromatic rings. The fourth-order valence-corrected chi connectivity index (χ4v) is 4.97. The summed E-state index contributed by atoms with van der Waals surface area (Å²) in [5.74, 6) is 0. The third-order valence-electron chi connectivity index (χ3n) is 4.10. The number of piperazine rings is 1. The minimum atomic E-state index is -3.29. The number of likely N-dealkylation sites (tertiary alicyclic amines) is 1. The Labute approximate surface area is 106 Å². The van der Waals surface area contributed by atoms with Crippen LogP contribution in [0.3, 0.4) is 0 Å². The first-order valence-corrected chi connectivity index (χ1v) is 7.70. The van der Waals surface area contributed by atoms with Gasteiger partial charge in [-0.3, -0.25) is 0 Å². The molecule has 1 N–H and O–H groups in total. The summed E-state index contributed by atoms with van der Waals surface area (Å²) in [5, 5.41) is 3.89. The van der Waals surface area contributed by atoms with E-state index in [-0.39, 0.29) is 0 Å². The van der Waals surface area contributed by atoms with Crippen LogP contribution < -0.4 is 5.32 Å². The standard InChI is InChI=1S/C13H14N2O2S/c16-18(17)12-4-2-1-3-9(12)5-13(18)15-8-10-6-11(15)7-14-10/h1-5,10-11,14H,6-8H2/t10-,11-/m0/s1. The quantitative estimate of drug-likeness (QED) is 0.814. The molecule has 0 spiro atoms. The second-order valence-electron chi connectivity index (χ2n) is 5.17. The third kappa shape index (κ3) is 1.26. The van der Waals surface area contributed by atoms with E-state index in [1.54, 1.807) is 12.1 Å². The van der Waals surface area contributed by atoms with Gasteiger partial charge in [-0.25, -0.2) is 8.42 Å². The largest absolute Gasteiger partial charge is 0.356 e. The number of sulfone groups is 1. The monoisotopic (exact) mass is 262 g/mol. The molecule has 0 unspecified atom stereocenters. The Balaban J connectivity index is 1.80. The molecule has 0 radical (unpaired) electrons. The predicted molar refractivity (Wildman–Crippen MR) is 68.5 cm³/mol. The molecule has 5 heteroatoms. The van der Waals surface area contributed by atoms with Gasteiger partial charge in [0.15, 0.2) is 0 Å². The lowest BCUT2D eigenvalue weighted by Gasteiger charge is -2.29. The van der Waals surface area contributed by atoms with Crippen molar-refractivity contribution in [3.63, 3.8) is 0 Å². The number of benzene rings is 1. The summed E-state index contributed by atoms with van der Waals surface area (Å²) in [6, 6.07) is 8.02. The molecule has 0 saturated carbocycles. The van der Waals surface area contributed by atoms with E-state index in [1.807, 2.05) is 18.2 Å². The average Bonchev–Trinajstić information content (AvgIpc) is 3.03. The molecule has 94 valence electrons. The zero-order valence-corrected chi connectivity index (χ0v) is 10.7. The zero-order chi connectivity index (χ0) is 12.3. The first kappa shape index (κ1) is 10.6. The first-order chi connectivity index (χ1) is 8.66. The van der Waals surface area contributed by atoms with Crippen LogP contribution in [0.2, 0.25) is 0 Å². The van der Waals surface area contributed by atoms with Gasteiger partial charge >= 0.3 is 0 Å². The van der Waals surface area contributed by atoms with Gasteiger partial charge in [-0.2, -0.15) is 0 Å². The number of nitrogens with one attached hydrogen (secondary N) is 1. The van der Waals surface area contributed by atoms with Crippen LogP contribution in [-0.2, 0) is 9.84 Å². The topological polar surface area (TPSA) is 49.4 Å². The molecule has 0 aliphatic carbocycles. The third-order valence-corrected chi connectivity index (χ3v) is 5.96. The lowest BCUT2D eigenvalue weighted by molar-refractivity contribution is 0.301. The summed E-state index contributed by atoms with van der Waals surface area (Å²) in [7, 11) is -3.29. The molecule has 2 fully saturated rings. The minimum Gasteiger partial charge on any atom is -0.356 e. The molecule has 3 heterocycles. The van der Waals surface area contributed by atoms with Crippen molar-refractivity contribution in [3.8, 4) is 0 Å².